The number of nitrogens with one attached hydrogen (secondary N) is 1. The van der Waals surface area contributed by atoms with E-state index in [1.807, 2.05) is 11.9 Å². The second kappa shape index (κ2) is 5.07. The van der Waals surface area contributed by atoms with Gasteiger partial charge in [0.15, 0.2) is 6.17 Å². The molecule has 20 heavy (non-hydrogen) atoms. The lowest BCUT2D eigenvalue weighted by atomic mass is 9.94. The minimum absolute atomic E-state index is 0.241. The van der Waals surface area contributed by atoms with Crippen molar-refractivity contribution in [1.82, 2.24) is 10.2 Å². The molecule has 0 saturated carbocycles. The van der Waals surface area contributed by atoms with Crippen molar-refractivity contribution >= 4 is 11.7 Å². The normalized spacial score (nSPS) is 29.7. The number of likely N-dealkylation sites (N-methyl/N-ethyl adjacent to an activating group) is 2. The average Bonchev–Trinajstić information content (AvgIpc) is 2.92. The largest absolute Gasteiger partial charge is 0.479 e. The molecule has 0 amide bonds. The number of para-hydroxylation sites is 1. The van der Waals surface area contributed by atoms with Crippen LogP contribution in [0.1, 0.15) is 17.9 Å². The Labute approximate surface area is 119 Å². The molecule has 0 spiro atoms. The molecule has 1 saturated heterocycles. The number of nitrogens with zero attached hydrogens (tertiary/aromatic N) is 2. The van der Waals surface area contributed by atoms with Crippen LogP contribution in [0.4, 0.5) is 5.69 Å². The monoisotopic (exact) mass is 275 g/mol. The molecule has 0 aliphatic carbocycles. The summed E-state index contributed by atoms with van der Waals surface area (Å²) in [5.74, 6) is -0.311. The number of hydrogen-bond donors (Lipinski definition) is 2. The predicted octanol–water partition coefficient (Wildman–Crippen LogP) is 0.924. The van der Waals surface area contributed by atoms with Crippen molar-refractivity contribution in [3.8, 4) is 0 Å². The van der Waals surface area contributed by atoms with Crippen molar-refractivity contribution in [2.45, 2.75) is 24.5 Å². The molecule has 3 atom stereocenters. The number of hydrogen-bond acceptors (Lipinski definition) is 4. The molecule has 1 fully saturated rings. The van der Waals surface area contributed by atoms with Gasteiger partial charge in [0.05, 0.1) is 0 Å². The molecule has 2 aliphatic heterocycles. The molecule has 2 aliphatic rings. The topological polar surface area (TPSA) is 55.8 Å². The highest BCUT2D eigenvalue weighted by molar-refractivity contribution is 5.73. The Morgan fingerprint density at radius 2 is 2.10 bits per heavy atom. The van der Waals surface area contributed by atoms with Gasteiger partial charge < -0.3 is 10.0 Å². The standard InChI is InChI=1S/C15H21N3O2/c1-17-8-10(12-5-3-4-6-13(12)17)7-11-9-18(2)14(16-11)15(19)20/h3-6,10-11,14,16H,7-9H2,1-2H3,(H,19,20)/t10?,11-,14?/m0/s1. The lowest BCUT2D eigenvalue weighted by Gasteiger charge is -2.17. The molecular formula is C15H21N3O2. The molecular weight excluding hydrogens is 254 g/mol. The third-order valence-electron chi connectivity index (χ3n) is 4.43. The number of benzene rings is 1. The van der Waals surface area contributed by atoms with E-state index in [4.69, 9.17) is 5.11 Å². The van der Waals surface area contributed by atoms with E-state index in [0.717, 1.165) is 19.5 Å². The van der Waals surface area contributed by atoms with Crippen LogP contribution in [0.3, 0.4) is 0 Å². The smallest absolute Gasteiger partial charge is 0.335 e. The first-order chi connectivity index (χ1) is 9.56. The van der Waals surface area contributed by atoms with E-state index in [1.54, 1.807) is 0 Å². The van der Waals surface area contributed by atoms with Gasteiger partial charge in [0, 0.05) is 37.8 Å². The third kappa shape index (κ3) is 2.27. The van der Waals surface area contributed by atoms with Crippen LogP contribution < -0.4 is 10.2 Å². The third-order valence-corrected chi connectivity index (χ3v) is 4.43. The van der Waals surface area contributed by atoms with Gasteiger partial charge in [0.2, 0.25) is 0 Å². The summed E-state index contributed by atoms with van der Waals surface area (Å²) in [4.78, 5) is 15.3. The van der Waals surface area contributed by atoms with Crippen LogP contribution in [-0.4, -0.2) is 55.4 Å². The van der Waals surface area contributed by atoms with Crippen molar-refractivity contribution in [3.05, 3.63) is 29.8 Å². The highest BCUT2D eigenvalue weighted by Crippen LogP contribution is 2.37. The summed E-state index contributed by atoms with van der Waals surface area (Å²) >= 11 is 0. The maximum absolute atomic E-state index is 11.1. The number of carboxylic acids is 1. The van der Waals surface area contributed by atoms with Gasteiger partial charge in [-0.3, -0.25) is 10.2 Å². The second-order valence-electron chi connectivity index (χ2n) is 5.92. The molecule has 1 aromatic rings. The van der Waals surface area contributed by atoms with E-state index in [1.165, 1.54) is 11.3 Å². The summed E-state index contributed by atoms with van der Waals surface area (Å²) in [5.41, 5.74) is 2.69. The SMILES string of the molecule is CN1CC(C[C@H]2CN(C)C(C(=O)O)N2)c2ccccc21. The quantitative estimate of drug-likeness (QED) is 0.859. The number of anilines is 1. The van der Waals surface area contributed by atoms with E-state index in [9.17, 15) is 4.79 Å². The molecule has 108 valence electrons. The van der Waals surface area contributed by atoms with Gasteiger partial charge in [-0.1, -0.05) is 18.2 Å². The summed E-state index contributed by atoms with van der Waals surface area (Å²) in [6, 6.07) is 8.74. The van der Waals surface area contributed by atoms with E-state index >= 15 is 0 Å². The summed E-state index contributed by atoms with van der Waals surface area (Å²) in [5, 5.41) is 12.4. The van der Waals surface area contributed by atoms with Crippen LogP contribution in [0.15, 0.2) is 24.3 Å². The Balaban J connectivity index is 1.70. The molecule has 2 N–H and O–H groups in total. The summed E-state index contributed by atoms with van der Waals surface area (Å²) in [6.45, 7) is 1.80. The van der Waals surface area contributed by atoms with Gasteiger partial charge in [-0.25, -0.2) is 4.79 Å². The molecule has 2 unspecified atom stereocenters. The molecule has 0 radical (unpaired) electrons. The maximum Gasteiger partial charge on any atom is 0.335 e. The number of rotatable bonds is 3. The Kier molecular flexibility index (Phi) is 3.40. The van der Waals surface area contributed by atoms with Gasteiger partial charge in [0.25, 0.3) is 0 Å². The highest BCUT2D eigenvalue weighted by Gasteiger charge is 2.36. The van der Waals surface area contributed by atoms with Gasteiger partial charge in [-0.15, -0.1) is 0 Å². The molecule has 1 aromatic carbocycles. The minimum Gasteiger partial charge on any atom is -0.479 e. The molecule has 5 nitrogen and oxygen atoms in total. The Hall–Kier alpha value is -1.59. The van der Waals surface area contributed by atoms with Crippen LogP contribution in [0.2, 0.25) is 0 Å². The van der Waals surface area contributed by atoms with Gasteiger partial charge in [0.1, 0.15) is 0 Å². The zero-order valence-corrected chi connectivity index (χ0v) is 11.9. The van der Waals surface area contributed by atoms with Crippen LogP contribution in [-0.2, 0) is 4.79 Å². The summed E-state index contributed by atoms with van der Waals surface area (Å²) in [7, 11) is 3.98. The van der Waals surface area contributed by atoms with Crippen LogP contribution in [0.25, 0.3) is 0 Å². The van der Waals surface area contributed by atoms with Crippen LogP contribution in [0, 0.1) is 0 Å². The van der Waals surface area contributed by atoms with Gasteiger partial charge >= 0.3 is 5.97 Å². The fourth-order valence-electron chi connectivity index (χ4n) is 3.51. The summed E-state index contributed by atoms with van der Waals surface area (Å²) < 4.78 is 0. The first-order valence-electron chi connectivity index (χ1n) is 7.05. The number of fused-ring (bicyclic) bond motifs is 1. The molecule has 0 aromatic heterocycles. The molecule has 0 bridgehead atoms. The fourth-order valence-corrected chi connectivity index (χ4v) is 3.51. The van der Waals surface area contributed by atoms with Crippen molar-refractivity contribution in [2.24, 2.45) is 0 Å². The van der Waals surface area contributed by atoms with E-state index < -0.39 is 12.1 Å². The van der Waals surface area contributed by atoms with Crippen molar-refractivity contribution in [3.63, 3.8) is 0 Å². The average molecular weight is 275 g/mol. The fraction of sp³-hybridized carbons (Fsp3) is 0.533. The Morgan fingerprint density at radius 1 is 1.35 bits per heavy atom. The Morgan fingerprint density at radius 3 is 2.80 bits per heavy atom. The lowest BCUT2D eigenvalue weighted by molar-refractivity contribution is -0.142. The number of aliphatic carboxylic acids is 1. The minimum atomic E-state index is -0.793. The van der Waals surface area contributed by atoms with Gasteiger partial charge in [-0.05, 0) is 25.1 Å². The maximum atomic E-state index is 11.1. The zero-order valence-electron chi connectivity index (χ0n) is 11.9. The number of carboxylic acid groups (broad SMARTS) is 1. The van der Waals surface area contributed by atoms with Crippen molar-refractivity contribution in [1.29, 1.82) is 0 Å². The highest BCUT2D eigenvalue weighted by atomic mass is 16.4. The lowest BCUT2D eigenvalue weighted by Crippen LogP contribution is -2.41. The first kappa shape index (κ1) is 13.4. The first-order valence-corrected chi connectivity index (χ1v) is 7.05. The molecule has 2 heterocycles. The predicted molar refractivity (Wildman–Crippen MR) is 78.0 cm³/mol. The molecule has 5 heteroatoms. The van der Waals surface area contributed by atoms with E-state index in [0.29, 0.717) is 5.92 Å². The number of carbonyl (C=O) groups is 1. The van der Waals surface area contributed by atoms with E-state index in [-0.39, 0.29) is 6.04 Å². The zero-order chi connectivity index (χ0) is 14.3. The van der Waals surface area contributed by atoms with Crippen molar-refractivity contribution in [2.75, 3.05) is 32.1 Å². The Bertz CT molecular complexity index is 520. The molecule has 3 rings (SSSR count). The van der Waals surface area contributed by atoms with Gasteiger partial charge in [-0.2, -0.15) is 0 Å². The summed E-state index contributed by atoms with van der Waals surface area (Å²) in [6.07, 6.45) is 0.435. The van der Waals surface area contributed by atoms with Crippen LogP contribution >= 0.6 is 0 Å². The van der Waals surface area contributed by atoms with E-state index in [2.05, 4.69) is 41.5 Å². The second-order valence-corrected chi connectivity index (χ2v) is 5.92. The van der Waals surface area contributed by atoms with Crippen molar-refractivity contribution < 1.29 is 9.90 Å². The van der Waals surface area contributed by atoms with Crippen LogP contribution in [0.5, 0.6) is 0 Å².